The molecule has 0 aromatic heterocycles. The number of aliphatic carboxylic acids is 3. The van der Waals surface area contributed by atoms with E-state index in [1.807, 2.05) is 0 Å². The van der Waals surface area contributed by atoms with Crippen LogP contribution in [-0.4, -0.2) is 51.0 Å². The van der Waals surface area contributed by atoms with E-state index < -0.39 is 35.6 Å². The third-order valence-electron chi connectivity index (χ3n) is 0.923. The van der Waals surface area contributed by atoms with Crippen molar-refractivity contribution < 1.29 is 48.8 Å². The number of carbonyl (C=O) groups is 5. The molecule has 10 heteroatoms. The first-order chi connectivity index (χ1) is 8.36. The fourth-order valence-corrected chi connectivity index (χ4v) is 0.390. The highest BCUT2D eigenvalue weighted by atomic mass is 16.8. The lowest BCUT2D eigenvalue weighted by molar-refractivity contribution is -0.162. The molecule has 0 saturated carbocycles. The maximum Gasteiger partial charge on any atom is 0.517 e. The summed E-state index contributed by atoms with van der Waals surface area (Å²) in [6.07, 6.45) is -1.32. The Labute approximate surface area is 106 Å². The Morgan fingerprint density at radius 2 is 1.16 bits per heavy atom. The van der Waals surface area contributed by atoms with Crippen molar-refractivity contribution in [2.24, 2.45) is 0 Å². The molecule has 0 atom stereocenters. The Kier molecular flexibility index (Phi) is 7.52. The van der Waals surface area contributed by atoms with Gasteiger partial charge in [-0.15, -0.1) is 0 Å². The van der Waals surface area contributed by atoms with Crippen LogP contribution >= 0.6 is 0 Å². The molecule has 19 heavy (non-hydrogen) atoms. The summed E-state index contributed by atoms with van der Waals surface area (Å²) in [4.78, 5) is 49.1. The first kappa shape index (κ1) is 18.7. The van der Waals surface area contributed by atoms with Gasteiger partial charge in [-0.25, -0.2) is 24.0 Å². The van der Waals surface area contributed by atoms with E-state index in [1.165, 1.54) is 0 Å². The van der Waals surface area contributed by atoms with E-state index in [-0.39, 0.29) is 0 Å². The second-order valence-corrected chi connectivity index (χ2v) is 3.77. The van der Waals surface area contributed by atoms with E-state index in [2.05, 4.69) is 9.47 Å². The molecule has 3 N–H and O–H groups in total. The molecule has 0 unspecified atom stereocenters. The Hall–Kier alpha value is -2.65. The van der Waals surface area contributed by atoms with Crippen molar-refractivity contribution in [2.45, 2.75) is 26.4 Å². The fraction of sp³-hybridized carbons (Fsp3) is 0.444. The van der Waals surface area contributed by atoms with Gasteiger partial charge in [0.15, 0.2) is 0 Å². The SMILES string of the molecule is CC(C)(C)OC(=O)OC(=O)C(=O)O.O=C(O)C(=O)O. The van der Waals surface area contributed by atoms with E-state index in [4.69, 9.17) is 24.9 Å². The predicted octanol–water partition coefficient (Wildman–Crippen LogP) is -0.295. The Morgan fingerprint density at radius 3 is 1.37 bits per heavy atom. The molecule has 0 aliphatic heterocycles. The van der Waals surface area contributed by atoms with Crippen LogP contribution in [0.4, 0.5) is 4.79 Å². The maximum atomic E-state index is 10.6. The molecule has 0 aromatic rings. The van der Waals surface area contributed by atoms with Gasteiger partial charge in [0, 0.05) is 0 Å². The summed E-state index contributed by atoms with van der Waals surface area (Å²) < 4.78 is 8.30. The lowest BCUT2D eigenvalue weighted by Crippen LogP contribution is -2.28. The van der Waals surface area contributed by atoms with Gasteiger partial charge in [0.25, 0.3) is 0 Å². The quantitative estimate of drug-likeness (QED) is 0.304. The third kappa shape index (κ3) is 13.3. The molecule has 0 spiro atoms. The van der Waals surface area contributed by atoms with Gasteiger partial charge in [0.2, 0.25) is 0 Å². The highest BCUT2D eigenvalue weighted by Gasteiger charge is 2.23. The van der Waals surface area contributed by atoms with Crippen LogP contribution in [0.15, 0.2) is 0 Å². The normalized spacial score (nSPS) is 9.42. The van der Waals surface area contributed by atoms with Crippen molar-refractivity contribution in [2.75, 3.05) is 0 Å². The maximum absolute atomic E-state index is 10.6. The molecule has 0 saturated heterocycles. The minimum absolute atomic E-state index is 0.824. The number of hydrogen-bond acceptors (Lipinski definition) is 7. The van der Waals surface area contributed by atoms with Crippen LogP contribution in [0.3, 0.4) is 0 Å². The summed E-state index contributed by atoms with van der Waals surface area (Å²) in [6, 6.07) is 0. The molecule has 108 valence electrons. The minimum Gasteiger partial charge on any atom is -0.473 e. The van der Waals surface area contributed by atoms with E-state index in [9.17, 15) is 14.4 Å². The standard InChI is InChI=1S/C7H10O6.C2H2O4/c1-7(2,3)13-6(11)12-5(10)4(8)9;3-1(4)2(5)6/h1-3H3,(H,8,9);(H,3,4)(H,5,6). The number of ether oxygens (including phenoxy) is 2. The zero-order valence-electron chi connectivity index (χ0n) is 10.2. The number of carbonyl (C=O) groups excluding carboxylic acids is 2. The summed E-state index contributed by atoms with van der Waals surface area (Å²) in [5.41, 5.74) is -0.824. The van der Waals surface area contributed by atoms with Gasteiger partial charge in [-0.2, -0.15) is 0 Å². The number of rotatable bonds is 0. The Morgan fingerprint density at radius 1 is 0.789 bits per heavy atom. The second-order valence-electron chi connectivity index (χ2n) is 3.77. The molecule has 0 heterocycles. The van der Waals surface area contributed by atoms with E-state index >= 15 is 0 Å². The highest BCUT2D eigenvalue weighted by molar-refractivity contribution is 6.30. The Balaban J connectivity index is 0. The molecule has 0 aliphatic carbocycles. The minimum atomic E-state index is -1.84. The van der Waals surface area contributed by atoms with Crippen molar-refractivity contribution in [3.63, 3.8) is 0 Å². The van der Waals surface area contributed by atoms with Gasteiger partial charge in [-0.1, -0.05) is 0 Å². The van der Waals surface area contributed by atoms with Crippen LogP contribution in [0, 0.1) is 0 Å². The molecule has 0 radical (unpaired) electrons. The average Bonchev–Trinajstić information content (AvgIpc) is 2.14. The molecule has 0 aliphatic rings. The number of hydrogen-bond donors (Lipinski definition) is 3. The monoisotopic (exact) mass is 280 g/mol. The molecular formula is C9H12O10. The largest absolute Gasteiger partial charge is 0.517 e. The lowest BCUT2D eigenvalue weighted by atomic mass is 10.2. The molecule has 0 bridgehead atoms. The predicted molar refractivity (Wildman–Crippen MR) is 55.2 cm³/mol. The summed E-state index contributed by atoms with van der Waals surface area (Å²) in [5.74, 6) is -7.15. The van der Waals surface area contributed by atoms with Crippen molar-refractivity contribution in [1.82, 2.24) is 0 Å². The van der Waals surface area contributed by atoms with Crippen molar-refractivity contribution in [3.05, 3.63) is 0 Å². The lowest BCUT2D eigenvalue weighted by Gasteiger charge is -2.17. The number of carboxylic acid groups (broad SMARTS) is 3. The van der Waals surface area contributed by atoms with E-state index in [1.54, 1.807) is 20.8 Å². The molecule has 0 amide bonds. The smallest absolute Gasteiger partial charge is 0.473 e. The number of esters is 1. The summed E-state index contributed by atoms with van der Waals surface area (Å²) in [6.45, 7) is 4.67. The van der Waals surface area contributed by atoms with E-state index in [0.717, 1.165) is 0 Å². The molecule has 10 nitrogen and oxygen atoms in total. The molecule has 0 aromatic carbocycles. The van der Waals surface area contributed by atoms with Crippen LogP contribution in [-0.2, 0) is 28.7 Å². The van der Waals surface area contributed by atoms with Crippen LogP contribution in [0.1, 0.15) is 20.8 Å². The van der Waals surface area contributed by atoms with Gasteiger partial charge in [-0.3, -0.25) is 0 Å². The van der Waals surface area contributed by atoms with Gasteiger partial charge < -0.3 is 24.8 Å². The molecular weight excluding hydrogens is 268 g/mol. The summed E-state index contributed by atoms with van der Waals surface area (Å²) in [7, 11) is 0. The fourth-order valence-electron chi connectivity index (χ4n) is 0.390. The Bertz CT molecular complexity index is 376. The zero-order chi connectivity index (χ0) is 15.8. The van der Waals surface area contributed by atoms with Gasteiger partial charge in [0.1, 0.15) is 5.60 Å². The summed E-state index contributed by atoms with van der Waals surface area (Å²) >= 11 is 0. The van der Waals surface area contributed by atoms with Gasteiger partial charge >= 0.3 is 30.0 Å². The first-order valence-electron chi connectivity index (χ1n) is 4.51. The van der Waals surface area contributed by atoms with Gasteiger partial charge in [0.05, 0.1) is 0 Å². The van der Waals surface area contributed by atoms with Crippen LogP contribution in [0.5, 0.6) is 0 Å². The van der Waals surface area contributed by atoms with Gasteiger partial charge in [-0.05, 0) is 20.8 Å². The average molecular weight is 280 g/mol. The molecule has 0 rings (SSSR count). The van der Waals surface area contributed by atoms with Crippen molar-refractivity contribution in [3.8, 4) is 0 Å². The van der Waals surface area contributed by atoms with E-state index in [0.29, 0.717) is 0 Å². The van der Waals surface area contributed by atoms with Crippen LogP contribution in [0.25, 0.3) is 0 Å². The third-order valence-corrected chi connectivity index (χ3v) is 0.923. The van der Waals surface area contributed by atoms with Crippen molar-refractivity contribution >= 4 is 30.0 Å². The van der Waals surface area contributed by atoms with Crippen LogP contribution in [0.2, 0.25) is 0 Å². The van der Waals surface area contributed by atoms with Crippen LogP contribution < -0.4 is 0 Å². The number of carboxylic acids is 3. The topological polar surface area (TPSA) is 164 Å². The zero-order valence-corrected chi connectivity index (χ0v) is 10.2. The first-order valence-corrected chi connectivity index (χ1v) is 4.51. The second kappa shape index (κ2) is 7.63. The molecule has 0 fully saturated rings. The summed E-state index contributed by atoms with van der Waals surface area (Å²) in [5, 5.41) is 22.8. The highest BCUT2D eigenvalue weighted by Crippen LogP contribution is 2.07. The van der Waals surface area contributed by atoms with Crippen molar-refractivity contribution in [1.29, 1.82) is 0 Å².